The highest BCUT2D eigenvalue weighted by atomic mass is 15.2. The van der Waals surface area contributed by atoms with E-state index in [-0.39, 0.29) is 0 Å². The zero-order valence-corrected chi connectivity index (χ0v) is 14.0. The number of likely N-dealkylation sites (N-methyl/N-ethyl adjacent to an activating group) is 2. The normalized spacial score (nSPS) is 40.8. The molecule has 0 aromatic carbocycles. The van der Waals surface area contributed by atoms with E-state index in [4.69, 9.17) is 0 Å². The minimum atomic E-state index is 0.631. The molecule has 0 spiro atoms. The Morgan fingerprint density at radius 2 is 1.55 bits per heavy atom. The Morgan fingerprint density at radius 1 is 1.05 bits per heavy atom. The van der Waals surface area contributed by atoms with Gasteiger partial charge in [-0.05, 0) is 89.1 Å². The van der Waals surface area contributed by atoms with Crippen molar-refractivity contribution in [2.24, 2.45) is 23.2 Å². The maximum Gasteiger partial charge on any atom is 0.0248 e. The number of nitrogens with zero attached hydrogens (tertiary/aromatic N) is 1. The Labute approximate surface area is 125 Å². The molecule has 0 aromatic rings. The van der Waals surface area contributed by atoms with Crippen LogP contribution in [0, 0.1) is 23.2 Å². The van der Waals surface area contributed by atoms with Crippen LogP contribution in [0.3, 0.4) is 0 Å². The van der Waals surface area contributed by atoms with Gasteiger partial charge in [0.1, 0.15) is 0 Å². The number of nitrogens with one attached hydrogen (secondary N) is 1. The molecular weight excluding hydrogens is 244 g/mol. The lowest BCUT2D eigenvalue weighted by atomic mass is 9.47. The third-order valence-corrected chi connectivity index (χ3v) is 6.73. The van der Waals surface area contributed by atoms with Crippen LogP contribution < -0.4 is 5.32 Å². The molecule has 2 nitrogen and oxygen atoms in total. The van der Waals surface area contributed by atoms with E-state index in [1.807, 2.05) is 0 Å². The molecule has 20 heavy (non-hydrogen) atoms. The van der Waals surface area contributed by atoms with E-state index >= 15 is 0 Å². The number of hydrogen-bond acceptors (Lipinski definition) is 2. The second-order valence-electron chi connectivity index (χ2n) is 8.30. The van der Waals surface area contributed by atoms with Crippen LogP contribution in [0.5, 0.6) is 0 Å². The average Bonchev–Trinajstić information content (AvgIpc) is 2.37. The summed E-state index contributed by atoms with van der Waals surface area (Å²) in [6.07, 6.45) is 9.20. The highest BCUT2D eigenvalue weighted by molar-refractivity contribution is 5.06. The van der Waals surface area contributed by atoms with E-state index in [0.29, 0.717) is 17.5 Å². The molecule has 4 aliphatic rings. The molecular formula is C18H34N2. The Morgan fingerprint density at radius 3 is 1.90 bits per heavy atom. The fourth-order valence-electron chi connectivity index (χ4n) is 6.14. The predicted molar refractivity (Wildman–Crippen MR) is 85.8 cm³/mol. The molecule has 0 aliphatic heterocycles. The minimum Gasteiger partial charge on any atom is -0.315 e. The van der Waals surface area contributed by atoms with Gasteiger partial charge in [-0.2, -0.15) is 0 Å². The molecule has 4 bridgehead atoms. The molecule has 0 radical (unpaired) electrons. The lowest BCUT2D eigenvalue weighted by Crippen LogP contribution is -2.59. The number of rotatable bonds is 6. The Bertz CT molecular complexity index is 301. The quantitative estimate of drug-likeness (QED) is 0.800. The van der Waals surface area contributed by atoms with Crippen molar-refractivity contribution in [3.63, 3.8) is 0 Å². The van der Waals surface area contributed by atoms with E-state index in [2.05, 4.69) is 38.0 Å². The van der Waals surface area contributed by atoms with Crippen molar-refractivity contribution in [3.8, 4) is 0 Å². The summed E-state index contributed by atoms with van der Waals surface area (Å²) in [7, 11) is 2.21. The maximum atomic E-state index is 3.74. The zero-order chi connectivity index (χ0) is 14.3. The molecule has 4 aliphatic carbocycles. The third-order valence-electron chi connectivity index (χ3n) is 6.73. The van der Waals surface area contributed by atoms with Crippen molar-refractivity contribution >= 4 is 0 Å². The van der Waals surface area contributed by atoms with Crippen molar-refractivity contribution < 1.29 is 0 Å². The van der Waals surface area contributed by atoms with Crippen molar-refractivity contribution in [2.45, 2.75) is 71.4 Å². The monoisotopic (exact) mass is 278 g/mol. The standard InChI is InChI=1S/C18H34N2/c1-5-20(13(2)3)12-17(19-4)18-9-14-6-15(10-18)8-16(7-14)11-18/h13-17,19H,5-12H2,1-4H3. The van der Waals surface area contributed by atoms with E-state index < -0.39 is 0 Å². The first-order chi connectivity index (χ1) is 9.56. The highest BCUT2D eigenvalue weighted by Gasteiger charge is 2.53. The summed E-state index contributed by atoms with van der Waals surface area (Å²) >= 11 is 0. The summed E-state index contributed by atoms with van der Waals surface area (Å²) in [5.74, 6) is 3.18. The van der Waals surface area contributed by atoms with Crippen LogP contribution in [0.1, 0.15) is 59.3 Å². The molecule has 0 heterocycles. The summed E-state index contributed by atoms with van der Waals surface area (Å²) < 4.78 is 0. The maximum absolute atomic E-state index is 3.74. The van der Waals surface area contributed by atoms with Gasteiger partial charge in [-0.25, -0.2) is 0 Å². The molecule has 0 aromatic heterocycles. The molecule has 4 rings (SSSR count). The smallest absolute Gasteiger partial charge is 0.0248 e. The van der Waals surface area contributed by atoms with Crippen LogP contribution in [-0.4, -0.2) is 37.1 Å². The molecule has 1 N–H and O–H groups in total. The molecule has 0 amide bonds. The Kier molecular flexibility index (Phi) is 4.16. The van der Waals surface area contributed by atoms with E-state index in [1.54, 1.807) is 19.3 Å². The van der Waals surface area contributed by atoms with Crippen LogP contribution in [0.15, 0.2) is 0 Å². The largest absolute Gasteiger partial charge is 0.315 e. The molecule has 1 atom stereocenters. The van der Waals surface area contributed by atoms with Crippen LogP contribution >= 0.6 is 0 Å². The first-order valence-electron chi connectivity index (χ1n) is 8.97. The van der Waals surface area contributed by atoms with Crippen LogP contribution in [-0.2, 0) is 0 Å². The molecule has 1 unspecified atom stereocenters. The van der Waals surface area contributed by atoms with Gasteiger partial charge in [0.15, 0.2) is 0 Å². The summed E-state index contributed by atoms with van der Waals surface area (Å²) in [5.41, 5.74) is 0.631. The molecule has 116 valence electrons. The lowest BCUT2D eigenvalue weighted by molar-refractivity contribution is -0.0784. The van der Waals surface area contributed by atoms with Crippen molar-refractivity contribution in [3.05, 3.63) is 0 Å². The molecule has 4 fully saturated rings. The summed E-state index contributed by atoms with van der Waals surface area (Å²) in [4.78, 5) is 2.65. The SMILES string of the molecule is CCN(CC(NC)C12CC3CC(CC(C3)C1)C2)C(C)C. The minimum absolute atomic E-state index is 0.631. The van der Waals surface area contributed by atoms with Gasteiger partial charge in [0.05, 0.1) is 0 Å². The second-order valence-corrected chi connectivity index (χ2v) is 8.30. The summed E-state index contributed by atoms with van der Waals surface area (Å²) in [6, 6.07) is 1.38. The first-order valence-corrected chi connectivity index (χ1v) is 8.97. The Hall–Kier alpha value is -0.0800. The van der Waals surface area contributed by atoms with Crippen molar-refractivity contribution in [1.82, 2.24) is 10.2 Å². The topological polar surface area (TPSA) is 15.3 Å². The van der Waals surface area contributed by atoms with Crippen LogP contribution in [0.2, 0.25) is 0 Å². The fourth-order valence-corrected chi connectivity index (χ4v) is 6.14. The zero-order valence-electron chi connectivity index (χ0n) is 14.0. The van der Waals surface area contributed by atoms with E-state index in [0.717, 1.165) is 17.8 Å². The van der Waals surface area contributed by atoms with Crippen molar-refractivity contribution in [2.75, 3.05) is 20.1 Å². The van der Waals surface area contributed by atoms with Gasteiger partial charge >= 0.3 is 0 Å². The fraction of sp³-hybridized carbons (Fsp3) is 1.00. The molecule has 0 saturated heterocycles. The highest BCUT2D eigenvalue weighted by Crippen LogP contribution is 2.61. The summed E-state index contributed by atoms with van der Waals surface area (Å²) in [6.45, 7) is 9.43. The predicted octanol–water partition coefficient (Wildman–Crippen LogP) is 3.52. The van der Waals surface area contributed by atoms with Crippen LogP contribution in [0.25, 0.3) is 0 Å². The van der Waals surface area contributed by atoms with Gasteiger partial charge in [0.25, 0.3) is 0 Å². The van der Waals surface area contributed by atoms with Crippen molar-refractivity contribution in [1.29, 1.82) is 0 Å². The van der Waals surface area contributed by atoms with Gasteiger partial charge in [-0.1, -0.05) is 6.92 Å². The summed E-state index contributed by atoms with van der Waals surface area (Å²) in [5, 5.41) is 3.74. The van der Waals surface area contributed by atoms with Crippen LogP contribution in [0.4, 0.5) is 0 Å². The molecule has 2 heteroatoms. The van der Waals surface area contributed by atoms with Gasteiger partial charge in [0, 0.05) is 18.6 Å². The third kappa shape index (κ3) is 2.54. The average molecular weight is 278 g/mol. The Balaban J connectivity index is 1.75. The second kappa shape index (κ2) is 5.61. The van der Waals surface area contributed by atoms with Gasteiger partial charge in [0.2, 0.25) is 0 Å². The van der Waals surface area contributed by atoms with E-state index in [9.17, 15) is 0 Å². The molecule has 4 saturated carbocycles. The lowest BCUT2D eigenvalue weighted by Gasteiger charge is -2.60. The first kappa shape index (κ1) is 14.8. The number of hydrogen-bond donors (Lipinski definition) is 1. The van der Waals surface area contributed by atoms with E-state index in [1.165, 1.54) is 32.4 Å². The van der Waals surface area contributed by atoms with Gasteiger partial charge in [-0.15, -0.1) is 0 Å². The van der Waals surface area contributed by atoms with Gasteiger partial charge < -0.3 is 5.32 Å². The van der Waals surface area contributed by atoms with Gasteiger partial charge in [-0.3, -0.25) is 4.90 Å².